The van der Waals surface area contributed by atoms with Crippen LogP contribution in [0, 0.1) is 11.3 Å². The lowest BCUT2D eigenvalue weighted by atomic mass is 9.73. The van der Waals surface area contributed by atoms with Crippen molar-refractivity contribution < 1.29 is 0 Å². The van der Waals surface area contributed by atoms with Gasteiger partial charge in [0, 0.05) is 6.54 Å². The molecule has 1 aromatic heterocycles. The second-order valence-electron chi connectivity index (χ2n) is 5.23. The third kappa shape index (κ3) is 2.34. The van der Waals surface area contributed by atoms with Gasteiger partial charge in [-0.3, -0.25) is 4.68 Å². The van der Waals surface area contributed by atoms with Crippen LogP contribution >= 0.6 is 0 Å². The molecule has 0 bridgehead atoms. The Balaban J connectivity index is 1.85. The van der Waals surface area contributed by atoms with Gasteiger partial charge in [-0.2, -0.15) is 5.10 Å². The van der Waals surface area contributed by atoms with Crippen LogP contribution in [0.2, 0.25) is 0 Å². The molecule has 0 spiro atoms. The first-order valence-electron chi connectivity index (χ1n) is 5.48. The molecule has 1 heterocycles. The molecule has 1 aliphatic rings. The Kier molecular flexibility index (Phi) is 2.57. The minimum atomic E-state index is 0.568. The molecule has 1 aliphatic carbocycles. The van der Waals surface area contributed by atoms with Gasteiger partial charge in [0.15, 0.2) is 0 Å². The van der Waals surface area contributed by atoms with Crippen molar-refractivity contribution in [2.45, 2.75) is 46.1 Å². The predicted octanol–water partition coefficient (Wildman–Crippen LogP) is 2.49. The first-order valence-corrected chi connectivity index (χ1v) is 5.48. The van der Waals surface area contributed by atoms with Crippen molar-refractivity contribution in [1.29, 1.82) is 0 Å². The van der Waals surface area contributed by atoms with Crippen LogP contribution in [0.15, 0.2) is 12.7 Å². The maximum absolute atomic E-state index is 4.15. The fourth-order valence-corrected chi connectivity index (χ4v) is 2.23. The maximum Gasteiger partial charge on any atom is 0.137 e. The highest BCUT2D eigenvalue weighted by Gasteiger charge is 2.26. The summed E-state index contributed by atoms with van der Waals surface area (Å²) in [6.45, 7) is 5.80. The van der Waals surface area contributed by atoms with E-state index >= 15 is 0 Å². The van der Waals surface area contributed by atoms with Gasteiger partial charge in [0.2, 0.25) is 0 Å². The first kappa shape index (κ1) is 9.69. The third-order valence-corrected chi connectivity index (χ3v) is 3.37. The fourth-order valence-electron chi connectivity index (χ4n) is 2.23. The van der Waals surface area contributed by atoms with Crippen LogP contribution in [-0.2, 0) is 6.54 Å². The van der Waals surface area contributed by atoms with E-state index < -0.39 is 0 Å². The van der Waals surface area contributed by atoms with Crippen molar-refractivity contribution in [3.05, 3.63) is 12.7 Å². The molecule has 1 fully saturated rings. The van der Waals surface area contributed by atoms with Crippen LogP contribution in [0.5, 0.6) is 0 Å². The fraction of sp³-hybridized carbons (Fsp3) is 0.818. The van der Waals surface area contributed by atoms with Crippen LogP contribution in [0.4, 0.5) is 0 Å². The Morgan fingerprint density at radius 2 is 2.07 bits per heavy atom. The molecule has 78 valence electrons. The summed E-state index contributed by atoms with van der Waals surface area (Å²) in [6, 6.07) is 0. The third-order valence-electron chi connectivity index (χ3n) is 3.37. The van der Waals surface area contributed by atoms with E-state index in [4.69, 9.17) is 0 Å². The maximum atomic E-state index is 4.15. The van der Waals surface area contributed by atoms with Crippen molar-refractivity contribution >= 4 is 0 Å². The zero-order valence-corrected chi connectivity index (χ0v) is 9.11. The van der Waals surface area contributed by atoms with Gasteiger partial charge in [0.05, 0.1) is 0 Å². The number of hydrogen-bond donors (Lipinski definition) is 0. The molecule has 0 radical (unpaired) electrons. The highest BCUT2D eigenvalue weighted by molar-refractivity contribution is 4.78. The van der Waals surface area contributed by atoms with Crippen molar-refractivity contribution in [3.63, 3.8) is 0 Å². The minimum Gasteiger partial charge on any atom is -0.253 e. The molecule has 3 nitrogen and oxygen atoms in total. The van der Waals surface area contributed by atoms with Gasteiger partial charge in [0.1, 0.15) is 12.7 Å². The molecule has 1 aromatic rings. The van der Waals surface area contributed by atoms with E-state index in [1.165, 1.54) is 25.7 Å². The van der Waals surface area contributed by atoms with Gasteiger partial charge in [0.25, 0.3) is 0 Å². The molecule has 1 saturated carbocycles. The monoisotopic (exact) mass is 193 g/mol. The number of hydrogen-bond acceptors (Lipinski definition) is 2. The lowest BCUT2D eigenvalue weighted by molar-refractivity contribution is 0.176. The molecule has 0 saturated heterocycles. The van der Waals surface area contributed by atoms with Crippen LogP contribution in [0.1, 0.15) is 39.5 Å². The van der Waals surface area contributed by atoms with E-state index in [0.29, 0.717) is 5.41 Å². The summed E-state index contributed by atoms with van der Waals surface area (Å²) in [5.41, 5.74) is 0.568. The average Bonchev–Trinajstić information content (AvgIpc) is 2.61. The molecular weight excluding hydrogens is 174 g/mol. The summed E-state index contributed by atoms with van der Waals surface area (Å²) in [5, 5.41) is 4.15. The second kappa shape index (κ2) is 3.71. The lowest BCUT2D eigenvalue weighted by Gasteiger charge is -2.34. The summed E-state index contributed by atoms with van der Waals surface area (Å²) < 4.78 is 1.96. The molecule has 0 unspecified atom stereocenters. The van der Waals surface area contributed by atoms with Crippen LogP contribution in [0.25, 0.3) is 0 Å². The van der Waals surface area contributed by atoms with E-state index in [0.717, 1.165) is 12.5 Å². The van der Waals surface area contributed by atoms with Gasteiger partial charge in [-0.05, 0) is 37.0 Å². The van der Waals surface area contributed by atoms with Crippen LogP contribution < -0.4 is 0 Å². The normalized spacial score (nSPS) is 22.4. The SMILES string of the molecule is CC1(C)CCC(Cn2cncn2)CC1. The Morgan fingerprint density at radius 1 is 1.36 bits per heavy atom. The number of rotatable bonds is 2. The van der Waals surface area contributed by atoms with Gasteiger partial charge >= 0.3 is 0 Å². The molecule has 3 heteroatoms. The molecular formula is C11H19N3. The smallest absolute Gasteiger partial charge is 0.137 e. The first-order chi connectivity index (χ1) is 6.66. The summed E-state index contributed by atoms with van der Waals surface area (Å²) in [4.78, 5) is 3.97. The van der Waals surface area contributed by atoms with Gasteiger partial charge in [-0.1, -0.05) is 13.8 Å². The van der Waals surface area contributed by atoms with Crippen LogP contribution in [0.3, 0.4) is 0 Å². The largest absolute Gasteiger partial charge is 0.253 e. The molecule has 0 atom stereocenters. The molecule has 0 amide bonds. The molecule has 2 rings (SSSR count). The van der Waals surface area contributed by atoms with E-state index in [9.17, 15) is 0 Å². The zero-order valence-electron chi connectivity index (χ0n) is 9.11. The van der Waals surface area contributed by atoms with Gasteiger partial charge in [-0.15, -0.1) is 0 Å². The van der Waals surface area contributed by atoms with Crippen molar-refractivity contribution in [2.24, 2.45) is 11.3 Å². The predicted molar refractivity (Wildman–Crippen MR) is 55.8 cm³/mol. The average molecular weight is 193 g/mol. The van der Waals surface area contributed by atoms with Crippen molar-refractivity contribution in [2.75, 3.05) is 0 Å². The minimum absolute atomic E-state index is 0.568. The second-order valence-corrected chi connectivity index (χ2v) is 5.23. The molecule has 14 heavy (non-hydrogen) atoms. The Labute approximate surface area is 85.5 Å². The summed E-state index contributed by atoms with van der Waals surface area (Å²) in [5.74, 6) is 0.810. The van der Waals surface area contributed by atoms with Crippen molar-refractivity contribution in [1.82, 2.24) is 14.8 Å². The Hall–Kier alpha value is -0.860. The quantitative estimate of drug-likeness (QED) is 0.722. The molecule has 0 aromatic carbocycles. The van der Waals surface area contributed by atoms with E-state index in [1.807, 2.05) is 11.0 Å². The highest BCUT2D eigenvalue weighted by Crippen LogP contribution is 2.38. The molecule has 0 N–H and O–H groups in total. The Bertz CT molecular complexity index is 267. The van der Waals surface area contributed by atoms with E-state index in [-0.39, 0.29) is 0 Å². The van der Waals surface area contributed by atoms with Crippen LogP contribution in [-0.4, -0.2) is 14.8 Å². The van der Waals surface area contributed by atoms with Crippen molar-refractivity contribution in [3.8, 4) is 0 Å². The summed E-state index contributed by atoms with van der Waals surface area (Å²) in [7, 11) is 0. The zero-order chi connectivity index (χ0) is 10.0. The Morgan fingerprint density at radius 3 is 2.64 bits per heavy atom. The van der Waals surface area contributed by atoms with E-state index in [2.05, 4.69) is 23.9 Å². The number of nitrogens with zero attached hydrogens (tertiary/aromatic N) is 3. The van der Waals surface area contributed by atoms with E-state index in [1.54, 1.807) is 6.33 Å². The standard InChI is InChI=1S/C11H19N3/c1-11(2)5-3-10(4-6-11)7-14-9-12-8-13-14/h8-10H,3-7H2,1-2H3. The topological polar surface area (TPSA) is 30.7 Å². The highest BCUT2D eigenvalue weighted by atomic mass is 15.3. The summed E-state index contributed by atoms with van der Waals surface area (Å²) >= 11 is 0. The molecule has 0 aliphatic heterocycles. The summed E-state index contributed by atoms with van der Waals surface area (Å²) in [6.07, 6.45) is 8.82. The van der Waals surface area contributed by atoms with Gasteiger partial charge in [-0.25, -0.2) is 4.98 Å². The lowest BCUT2D eigenvalue weighted by Crippen LogP contribution is -2.24. The number of aromatic nitrogens is 3. The van der Waals surface area contributed by atoms with Gasteiger partial charge < -0.3 is 0 Å².